The molecule has 88 valence electrons. The maximum atomic E-state index is 9.89. The van der Waals surface area contributed by atoms with Gasteiger partial charge >= 0.3 is 0 Å². The Labute approximate surface area is 99.2 Å². The first kappa shape index (κ1) is 11.6. The number of nitrogens with zero attached hydrogens (tertiary/aromatic N) is 1. The number of nitrogens with one attached hydrogen (secondary N) is 1. The Bertz CT molecular complexity index is 552. The summed E-state index contributed by atoms with van der Waals surface area (Å²) in [5, 5.41) is 19.6. The van der Waals surface area contributed by atoms with Crippen molar-refractivity contribution in [1.29, 1.82) is 0 Å². The third kappa shape index (κ3) is 2.61. The molecular weight excluding hydrogens is 216 g/mol. The first-order chi connectivity index (χ1) is 8.20. The standard InChI is InChI=1S/C13H14N2O2/c1-9(15-17)8-13(16)12-7-6-10-4-2-3-5-11(10)14-12/h2-8,13,15-17H,1H3/b9-8-/t13-/m0/s1. The zero-order chi connectivity index (χ0) is 12.3. The summed E-state index contributed by atoms with van der Waals surface area (Å²) < 4.78 is 0. The fourth-order valence-corrected chi connectivity index (χ4v) is 1.61. The van der Waals surface area contributed by atoms with Crippen LogP contribution in [0.5, 0.6) is 0 Å². The molecule has 1 aromatic carbocycles. The highest BCUT2D eigenvalue weighted by Crippen LogP contribution is 2.17. The highest BCUT2D eigenvalue weighted by Gasteiger charge is 2.07. The second-order valence-corrected chi connectivity index (χ2v) is 3.84. The molecule has 0 bridgehead atoms. The maximum absolute atomic E-state index is 9.89. The summed E-state index contributed by atoms with van der Waals surface area (Å²) in [6, 6.07) is 11.4. The lowest BCUT2D eigenvalue weighted by Gasteiger charge is -2.08. The summed E-state index contributed by atoms with van der Waals surface area (Å²) in [4.78, 5) is 4.36. The van der Waals surface area contributed by atoms with Gasteiger partial charge in [-0.2, -0.15) is 0 Å². The van der Waals surface area contributed by atoms with Gasteiger partial charge < -0.3 is 5.11 Å². The van der Waals surface area contributed by atoms with E-state index in [1.165, 1.54) is 6.08 Å². The number of para-hydroxylation sites is 1. The zero-order valence-electron chi connectivity index (χ0n) is 9.46. The maximum Gasteiger partial charge on any atom is 0.116 e. The molecule has 0 fully saturated rings. The number of hydroxylamine groups is 1. The van der Waals surface area contributed by atoms with Gasteiger partial charge in [0.15, 0.2) is 0 Å². The minimum Gasteiger partial charge on any atom is -0.383 e. The van der Waals surface area contributed by atoms with Gasteiger partial charge in [0.25, 0.3) is 0 Å². The molecule has 0 saturated carbocycles. The molecule has 4 heteroatoms. The number of aromatic nitrogens is 1. The van der Waals surface area contributed by atoms with Crippen molar-refractivity contribution < 1.29 is 10.3 Å². The molecule has 0 spiro atoms. The molecule has 2 rings (SSSR count). The van der Waals surface area contributed by atoms with Crippen LogP contribution in [0.3, 0.4) is 0 Å². The summed E-state index contributed by atoms with van der Waals surface area (Å²) >= 11 is 0. The number of hydrogen-bond donors (Lipinski definition) is 3. The SMILES string of the molecule is C/C(=C/[C@H](O)c1ccc2ccccc2n1)NO. The second-order valence-electron chi connectivity index (χ2n) is 3.84. The highest BCUT2D eigenvalue weighted by molar-refractivity contribution is 5.78. The lowest BCUT2D eigenvalue weighted by molar-refractivity contribution is 0.189. The Kier molecular flexibility index (Phi) is 3.37. The minimum atomic E-state index is -0.834. The van der Waals surface area contributed by atoms with Crippen LogP contribution in [-0.4, -0.2) is 15.3 Å². The van der Waals surface area contributed by atoms with Gasteiger partial charge in [-0.15, -0.1) is 0 Å². The van der Waals surface area contributed by atoms with Crippen LogP contribution in [0, 0.1) is 0 Å². The van der Waals surface area contributed by atoms with E-state index in [0.717, 1.165) is 10.9 Å². The van der Waals surface area contributed by atoms with Crippen molar-refractivity contribution in [2.75, 3.05) is 0 Å². The Balaban J connectivity index is 2.36. The predicted octanol–water partition coefficient (Wildman–Crippen LogP) is 2.15. The van der Waals surface area contributed by atoms with Crippen LogP contribution in [0.4, 0.5) is 0 Å². The van der Waals surface area contributed by atoms with Crippen molar-refractivity contribution in [2.24, 2.45) is 0 Å². The number of aliphatic hydroxyl groups is 1. The average molecular weight is 230 g/mol. The molecule has 0 radical (unpaired) electrons. The van der Waals surface area contributed by atoms with Crippen LogP contribution in [0.15, 0.2) is 48.2 Å². The van der Waals surface area contributed by atoms with Crippen LogP contribution in [0.2, 0.25) is 0 Å². The topological polar surface area (TPSA) is 65.4 Å². The number of allylic oxidation sites excluding steroid dienone is 1. The van der Waals surface area contributed by atoms with Crippen molar-refractivity contribution in [1.82, 2.24) is 10.5 Å². The summed E-state index contributed by atoms with van der Waals surface area (Å²) in [6.45, 7) is 1.66. The lowest BCUT2D eigenvalue weighted by Crippen LogP contribution is -2.06. The summed E-state index contributed by atoms with van der Waals surface area (Å²) in [5.41, 5.74) is 3.85. The fourth-order valence-electron chi connectivity index (χ4n) is 1.61. The molecule has 0 saturated heterocycles. The number of rotatable bonds is 3. The normalized spacial score (nSPS) is 13.7. The van der Waals surface area contributed by atoms with Gasteiger partial charge in [-0.1, -0.05) is 24.3 Å². The first-order valence-corrected chi connectivity index (χ1v) is 5.33. The molecule has 1 atom stereocenters. The van der Waals surface area contributed by atoms with Crippen molar-refractivity contribution in [3.8, 4) is 0 Å². The van der Waals surface area contributed by atoms with E-state index >= 15 is 0 Å². The molecular formula is C13H14N2O2. The summed E-state index contributed by atoms with van der Waals surface area (Å²) in [6.07, 6.45) is 0.663. The van der Waals surface area contributed by atoms with Crippen LogP contribution < -0.4 is 5.48 Å². The van der Waals surface area contributed by atoms with E-state index in [1.807, 2.05) is 35.8 Å². The van der Waals surface area contributed by atoms with Gasteiger partial charge in [-0.25, -0.2) is 4.98 Å². The van der Waals surface area contributed by atoms with Crippen LogP contribution in [0.1, 0.15) is 18.7 Å². The molecule has 0 unspecified atom stereocenters. The predicted molar refractivity (Wildman–Crippen MR) is 65.4 cm³/mol. The van der Waals surface area contributed by atoms with Gasteiger partial charge in [0.2, 0.25) is 0 Å². The van der Waals surface area contributed by atoms with E-state index in [1.54, 1.807) is 13.0 Å². The van der Waals surface area contributed by atoms with Gasteiger partial charge in [0.1, 0.15) is 6.10 Å². The molecule has 2 aromatic rings. The lowest BCUT2D eigenvalue weighted by atomic mass is 10.1. The highest BCUT2D eigenvalue weighted by atomic mass is 16.5. The fraction of sp³-hybridized carbons (Fsp3) is 0.154. The van der Waals surface area contributed by atoms with Crippen molar-refractivity contribution in [3.63, 3.8) is 0 Å². The van der Waals surface area contributed by atoms with E-state index in [4.69, 9.17) is 5.21 Å². The Morgan fingerprint density at radius 2 is 2.06 bits per heavy atom. The van der Waals surface area contributed by atoms with Crippen LogP contribution >= 0.6 is 0 Å². The van der Waals surface area contributed by atoms with Gasteiger partial charge in [0.05, 0.1) is 11.2 Å². The average Bonchev–Trinajstić information content (AvgIpc) is 2.38. The molecule has 3 N–H and O–H groups in total. The molecule has 0 aliphatic rings. The number of hydrogen-bond acceptors (Lipinski definition) is 4. The summed E-state index contributed by atoms with van der Waals surface area (Å²) in [7, 11) is 0. The zero-order valence-corrected chi connectivity index (χ0v) is 9.46. The molecule has 0 aliphatic heterocycles. The molecule has 4 nitrogen and oxygen atoms in total. The van der Waals surface area contributed by atoms with E-state index < -0.39 is 6.10 Å². The second kappa shape index (κ2) is 4.95. The quantitative estimate of drug-likeness (QED) is 0.707. The van der Waals surface area contributed by atoms with Crippen molar-refractivity contribution >= 4 is 10.9 Å². The number of fused-ring (bicyclic) bond motifs is 1. The Hall–Kier alpha value is -1.91. The Morgan fingerprint density at radius 1 is 1.29 bits per heavy atom. The monoisotopic (exact) mass is 230 g/mol. The van der Waals surface area contributed by atoms with E-state index in [9.17, 15) is 5.11 Å². The largest absolute Gasteiger partial charge is 0.383 e. The molecule has 1 aromatic heterocycles. The molecule has 0 amide bonds. The van der Waals surface area contributed by atoms with Crippen LogP contribution in [0.25, 0.3) is 10.9 Å². The molecule has 1 heterocycles. The van der Waals surface area contributed by atoms with Crippen molar-refractivity contribution in [2.45, 2.75) is 13.0 Å². The number of benzene rings is 1. The van der Waals surface area contributed by atoms with E-state index in [-0.39, 0.29) is 0 Å². The van der Waals surface area contributed by atoms with Gasteiger partial charge in [0, 0.05) is 11.1 Å². The minimum absolute atomic E-state index is 0.479. The van der Waals surface area contributed by atoms with E-state index in [0.29, 0.717) is 11.4 Å². The van der Waals surface area contributed by atoms with Gasteiger partial charge in [-0.05, 0) is 25.1 Å². The first-order valence-electron chi connectivity index (χ1n) is 5.33. The van der Waals surface area contributed by atoms with Crippen LogP contribution in [-0.2, 0) is 0 Å². The van der Waals surface area contributed by atoms with E-state index in [2.05, 4.69) is 4.98 Å². The molecule has 0 aliphatic carbocycles. The summed E-state index contributed by atoms with van der Waals surface area (Å²) in [5.74, 6) is 0. The number of pyridine rings is 1. The van der Waals surface area contributed by atoms with Crippen molar-refractivity contribution in [3.05, 3.63) is 53.9 Å². The Morgan fingerprint density at radius 3 is 2.82 bits per heavy atom. The molecule has 17 heavy (non-hydrogen) atoms. The third-order valence-corrected chi connectivity index (χ3v) is 2.51. The number of aliphatic hydroxyl groups excluding tert-OH is 1. The van der Waals surface area contributed by atoms with Gasteiger partial charge in [-0.3, -0.25) is 10.7 Å². The smallest absolute Gasteiger partial charge is 0.116 e. The third-order valence-electron chi connectivity index (χ3n) is 2.51.